The van der Waals surface area contributed by atoms with Gasteiger partial charge in [-0.25, -0.2) is 0 Å². The van der Waals surface area contributed by atoms with Gasteiger partial charge < -0.3 is 29.6 Å². The number of fused-ring (bicyclic) bond motifs is 2. The highest BCUT2D eigenvalue weighted by Gasteiger charge is 2.29. The summed E-state index contributed by atoms with van der Waals surface area (Å²) in [6, 6.07) is 17.6. The summed E-state index contributed by atoms with van der Waals surface area (Å²) in [5.41, 5.74) is 11.9. The van der Waals surface area contributed by atoms with Crippen molar-refractivity contribution in [2.45, 2.75) is 19.1 Å². The van der Waals surface area contributed by atoms with E-state index in [-0.39, 0.29) is 12.5 Å². The fourth-order valence-corrected chi connectivity index (χ4v) is 4.70. The number of anilines is 1. The van der Waals surface area contributed by atoms with Crippen LogP contribution >= 0.6 is 0 Å². The second-order valence-corrected chi connectivity index (χ2v) is 8.43. The maximum absolute atomic E-state index is 11.4. The van der Waals surface area contributed by atoms with Crippen LogP contribution in [0, 0.1) is 0 Å². The fraction of sp³-hybridized carbons (Fsp3) is 0.222. The lowest BCUT2D eigenvalue weighted by Crippen LogP contribution is -2.32. The Morgan fingerprint density at radius 2 is 1.94 bits per heavy atom. The van der Waals surface area contributed by atoms with Crippen molar-refractivity contribution in [2.24, 2.45) is 5.73 Å². The summed E-state index contributed by atoms with van der Waals surface area (Å²) in [5.74, 6) is 0.437. The van der Waals surface area contributed by atoms with Crippen LogP contribution in [0.2, 0.25) is 0 Å². The Bertz CT molecular complexity index is 1380. The molecule has 0 fully saturated rings. The summed E-state index contributed by atoms with van der Waals surface area (Å²) in [6.45, 7) is 0.976. The molecule has 3 N–H and O–H groups in total. The van der Waals surface area contributed by atoms with Gasteiger partial charge in [0.05, 0.1) is 32.0 Å². The van der Waals surface area contributed by atoms with Gasteiger partial charge in [0.15, 0.2) is 0 Å². The van der Waals surface area contributed by atoms with Crippen LogP contribution in [0.15, 0.2) is 65.3 Å². The van der Waals surface area contributed by atoms with Gasteiger partial charge in [-0.05, 0) is 29.8 Å². The molecule has 1 aliphatic heterocycles. The molecule has 0 spiro atoms. The molecule has 7 nitrogen and oxygen atoms in total. The van der Waals surface area contributed by atoms with Crippen LogP contribution in [0.25, 0.3) is 22.1 Å². The monoisotopic (exact) mass is 458 g/mol. The van der Waals surface area contributed by atoms with Crippen LogP contribution in [0.1, 0.15) is 22.8 Å². The van der Waals surface area contributed by atoms with Gasteiger partial charge in [-0.1, -0.05) is 30.3 Å². The van der Waals surface area contributed by atoms with E-state index in [1.54, 1.807) is 19.4 Å². The molecule has 1 atom stereocenters. The van der Waals surface area contributed by atoms with Crippen molar-refractivity contribution in [3.63, 3.8) is 0 Å². The van der Waals surface area contributed by atoms with Crippen molar-refractivity contribution in [1.29, 1.82) is 0 Å². The van der Waals surface area contributed by atoms with E-state index in [0.717, 1.165) is 44.7 Å². The number of benzene rings is 3. The lowest BCUT2D eigenvalue weighted by Gasteiger charge is -2.35. The first-order chi connectivity index (χ1) is 16.5. The van der Waals surface area contributed by atoms with Crippen molar-refractivity contribution in [3.8, 4) is 22.6 Å². The van der Waals surface area contributed by atoms with Crippen molar-refractivity contribution in [1.82, 2.24) is 0 Å². The molecular formula is C27H26N2O5. The molecule has 1 aliphatic rings. The molecule has 1 unspecified atom stereocenters. The predicted octanol–water partition coefficient (Wildman–Crippen LogP) is 4.76. The zero-order valence-corrected chi connectivity index (χ0v) is 19.1. The molecule has 4 aromatic rings. The predicted molar refractivity (Wildman–Crippen MR) is 131 cm³/mol. The second-order valence-electron chi connectivity index (χ2n) is 8.43. The number of nitrogens with two attached hydrogens (primary N) is 1. The van der Waals surface area contributed by atoms with E-state index >= 15 is 0 Å². The van der Waals surface area contributed by atoms with E-state index in [2.05, 4.69) is 17.0 Å². The number of hydrogen-bond acceptors (Lipinski definition) is 6. The Hall–Kier alpha value is -3.97. The highest BCUT2D eigenvalue weighted by molar-refractivity contribution is 5.95. The molecule has 5 rings (SSSR count). The Morgan fingerprint density at radius 3 is 2.71 bits per heavy atom. The van der Waals surface area contributed by atoms with Crippen LogP contribution in [0.5, 0.6) is 11.5 Å². The summed E-state index contributed by atoms with van der Waals surface area (Å²) < 4.78 is 18.0. The maximum Gasteiger partial charge on any atom is 0.307 e. The van der Waals surface area contributed by atoms with Crippen molar-refractivity contribution < 1.29 is 23.8 Å². The number of likely N-dealkylation sites (N-methyl/N-ethyl adjacent to an activating group) is 1. The Labute approximate surface area is 197 Å². The quantitative estimate of drug-likeness (QED) is 0.430. The van der Waals surface area contributed by atoms with Crippen LogP contribution in [0.4, 0.5) is 5.69 Å². The number of rotatable bonds is 6. The Kier molecular flexibility index (Phi) is 5.63. The number of carboxylic acids is 1. The first-order valence-electron chi connectivity index (χ1n) is 11.1. The normalized spacial score (nSPS) is 15.1. The first kappa shape index (κ1) is 21.9. The molecule has 174 valence electrons. The van der Waals surface area contributed by atoms with Gasteiger partial charge in [0.2, 0.25) is 0 Å². The maximum atomic E-state index is 11.4. The molecule has 0 radical (unpaired) electrons. The zero-order valence-electron chi connectivity index (χ0n) is 19.1. The minimum Gasteiger partial charge on any atom is -0.496 e. The smallest absolute Gasteiger partial charge is 0.307 e. The largest absolute Gasteiger partial charge is 0.496 e. The number of carbonyl (C=O) groups is 1. The minimum atomic E-state index is -0.893. The number of furan rings is 1. The average molecular weight is 459 g/mol. The molecule has 0 saturated heterocycles. The van der Waals surface area contributed by atoms with E-state index in [9.17, 15) is 9.90 Å². The number of ether oxygens (including phenoxy) is 2. The second kappa shape index (κ2) is 8.76. The highest BCUT2D eigenvalue weighted by atomic mass is 16.5. The van der Waals surface area contributed by atoms with Gasteiger partial charge in [-0.15, -0.1) is 0 Å². The van der Waals surface area contributed by atoms with Crippen LogP contribution in [-0.4, -0.2) is 31.8 Å². The first-order valence-corrected chi connectivity index (χ1v) is 11.1. The topological polar surface area (TPSA) is 98.2 Å². The van der Waals surface area contributed by atoms with Crippen LogP contribution in [0.3, 0.4) is 0 Å². The molecule has 7 heteroatoms. The molecule has 1 aromatic heterocycles. The van der Waals surface area contributed by atoms with E-state index in [1.807, 2.05) is 43.4 Å². The Morgan fingerprint density at radius 1 is 1.15 bits per heavy atom. The third kappa shape index (κ3) is 3.74. The number of para-hydroxylation sites is 2. The van der Waals surface area contributed by atoms with Gasteiger partial charge >= 0.3 is 5.97 Å². The zero-order chi connectivity index (χ0) is 23.8. The number of methoxy groups -OCH3 is 1. The number of hydrogen-bond donors (Lipinski definition) is 2. The Balaban J connectivity index is 1.63. The van der Waals surface area contributed by atoms with Gasteiger partial charge in [0.25, 0.3) is 0 Å². The standard InChI is InChI=1S/C27H26N2O5/c1-29-15-23(34-27-16(13-24(30)31)5-4-8-22(27)29)19-11-17-9-10-33-26(17)21(12-19)20-7-3-6-18(14-28)25(20)32-2/h3-12,23H,13-15,28H2,1-2H3,(H,30,31). The van der Waals surface area contributed by atoms with Crippen molar-refractivity contribution in [3.05, 3.63) is 77.6 Å². The highest BCUT2D eigenvalue weighted by Crippen LogP contribution is 2.43. The van der Waals surface area contributed by atoms with Gasteiger partial charge in [0.1, 0.15) is 23.2 Å². The van der Waals surface area contributed by atoms with Gasteiger partial charge in [-0.3, -0.25) is 4.79 Å². The molecule has 0 aliphatic carbocycles. The van der Waals surface area contributed by atoms with Crippen LogP contribution in [-0.2, 0) is 17.8 Å². The molecule has 0 saturated carbocycles. The third-order valence-electron chi connectivity index (χ3n) is 6.28. The van der Waals surface area contributed by atoms with Crippen LogP contribution < -0.4 is 20.1 Å². The van der Waals surface area contributed by atoms with Crippen molar-refractivity contribution in [2.75, 3.05) is 25.6 Å². The van der Waals surface area contributed by atoms with Gasteiger partial charge in [-0.2, -0.15) is 0 Å². The van der Waals surface area contributed by atoms with E-state index < -0.39 is 5.97 Å². The SMILES string of the molecule is COc1c(CN)cccc1-c1cc(C2CN(C)c3cccc(CC(=O)O)c3O2)cc2ccoc12. The van der Waals surface area contributed by atoms with E-state index in [1.165, 1.54) is 0 Å². The molecule has 3 aromatic carbocycles. The minimum absolute atomic E-state index is 0.0984. The lowest BCUT2D eigenvalue weighted by molar-refractivity contribution is -0.136. The van der Waals surface area contributed by atoms with E-state index in [0.29, 0.717) is 24.4 Å². The fourth-order valence-electron chi connectivity index (χ4n) is 4.70. The molecule has 2 heterocycles. The summed E-state index contributed by atoms with van der Waals surface area (Å²) in [6.07, 6.45) is 1.28. The molecule has 34 heavy (non-hydrogen) atoms. The third-order valence-corrected chi connectivity index (χ3v) is 6.28. The number of carboxylic acid groups (broad SMARTS) is 1. The summed E-state index contributed by atoms with van der Waals surface area (Å²) in [4.78, 5) is 13.5. The number of nitrogens with zero attached hydrogens (tertiary/aromatic N) is 1. The van der Waals surface area contributed by atoms with Crippen molar-refractivity contribution >= 4 is 22.6 Å². The molecule has 0 amide bonds. The number of aliphatic carboxylic acids is 1. The average Bonchev–Trinajstić information content (AvgIpc) is 3.31. The summed E-state index contributed by atoms with van der Waals surface area (Å²) in [7, 11) is 3.63. The molecular weight excluding hydrogens is 432 g/mol. The van der Waals surface area contributed by atoms with Gasteiger partial charge in [0, 0.05) is 41.2 Å². The van der Waals surface area contributed by atoms with E-state index in [4.69, 9.17) is 19.6 Å². The lowest BCUT2D eigenvalue weighted by atomic mass is 9.95. The summed E-state index contributed by atoms with van der Waals surface area (Å²) in [5, 5.41) is 10.3. The molecule has 0 bridgehead atoms. The summed E-state index contributed by atoms with van der Waals surface area (Å²) >= 11 is 0.